The number of hydrogen-bond acceptors (Lipinski definition) is 1. The summed E-state index contributed by atoms with van der Waals surface area (Å²) in [6.45, 7) is 1.63. The molecular formula is C9H9F3IN. The van der Waals surface area contributed by atoms with Gasteiger partial charge in [-0.2, -0.15) is 13.2 Å². The molecule has 0 radical (unpaired) electrons. The molecule has 0 amide bonds. The maximum atomic E-state index is 12.3. The summed E-state index contributed by atoms with van der Waals surface area (Å²) in [6, 6.07) is 2.84. The van der Waals surface area contributed by atoms with Crippen LogP contribution in [-0.4, -0.2) is 6.18 Å². The van der Waals surface area contributed by atoms with Gasteiger partial charge in [0, 0.05) is 3.57 Å². The van der Waals surface area contributed by atoms with Crippen molar-refractivity contribution >= 4 is 22.6 Å². The summed E-state index contributed by atoms with van der Waals surface area (Å²) in [7, 11) is 0. The van der Waals surface area contributed by atoms with Crippen LogP contribution in [0.1, 0.15) is 17.2 Å². The Balaban J connectivity index is 3.08. The number of hydrogen-bond donors (Lipinski definition) is 1. The van der Waals surface area contributed by atoms with Crippen LogP contribution < -0.4 is 5.73 Å². The van der Waals surface area contributed by atoms with E-state index >= 15 is 0 Å². The maximum absolute atomic E-state index is 12.3. The van der Waals surface area contributed by atoms with Crippen LogP contribution in [0, 0.1) is 10.5 Å². The van der Waals surface area contributed by atoms with E-state index in [1.54, 1.807) is 19.1 Å². The minimum absolute atomic E-state index is 0.137. The molecule has 0 aliphatic rings. The van der Waals surface area contributed by atoms with Gasteiger partial charge in [0.1, 0.15) is 6.04 Å². The molecule has 78 valence electrons. The number of nitrogens with two attached hydrogens (primary N) is 1. The molecule has 0 heterocycles. The number of rotatable bonds is 1. The molecule has 0 saturated carbocycles. The lowest BCUT2D eigenvalue weighted by Crippen LogP contribution is -2.29. The fourth-order valence-electron chi connectivity index (χ4n) is 1.16. The Hall–Kier alpha value is -0.300. The normalized spacial score (nSPS) is 14.1. The van der Waals surface area contributed by atoms with Crippen LogP contribution in [0.25, 0.3) is 0 Å². The maximum Gasteiger partial charge on any atom is 0.407 e. The number of benzene rings is 1. The Morgan fingerprint density at radius 1 is 1.36 bits per heavy atom. The van der Waals surface area contributed by atoms with E-state index in [0.717, 1.165) is 3.57 Å². The van der Waals surface area contributed by atoms with Crippen molar-refractivity contribution in [1.29, 1.82) is 0 Å². The van der Waals surface area contributed by atoms with Gasteiger partial charge in [0.2, 0.25) is 0 Å². The average molecular weight is 315 g/mol. The van der Waals surface area contributed by atoms with Gasteiger partial charge < -0.3 is 5.73 Å². The third-order valence-electron chi connectivity index (χ3n) is 1.92. The Morgan fingerprint density at radius 3 is 2.36 bits per heavy atom. The van der Waals surface area contributed by atoms with Crippen LogP contribution in [0.2, 0.25) is 0 Å². The molecule has 5 heteroatoms. The first kappa shape index (κ1) is 11.8. The van der Waals surface area contributed by atoms with Crippen molar-refractivity contribution in [2.45, 2.75) is 19.1 Å². The molecule has 0 unspecified atom stereocenters. The van der Waals surface area contributed by atoms with Crippen LogP contribution in [0.4, 0.5) is 13.2 Å². The third kappa shape index (κ3) is 2.60. The lowest BCUT2D eigenvalue weighted by molar-refractivity contribution is -0.149. The molecule has 1 atom stereocenters. The Kier molecular flexibility index (Phi) is 3.41. The van der Waals surface area contributed by atoms with Gasteiger partial charge in [-0.15, -0.1) is 0 Å². The highest BCUT2D eigenvalue weighted by atomic mass is 127. The van der Waals surface area contributed by atoms with Gasteiger partial charge in [0.15, 0.2) is 0 Å². The van der Waals surface area contributed by atoms with Gasteiger partial charge in [-0.05, 0) is 52.8 Å². The summed E-state index contributed by atoms with van der Waals surface area (Å²) < 4.78 is 37.8. The largest absolute Gasteiger partial charge is 0.407 e. The predicted octanol–water partition coefficient (Wildman–Crippen LogP) is 3.16. The molecule has 1 rings (SSSR count). The van der Waals surface area contributed by atoms with Crippen LogP contribution in [0.3, 0.4) is 0 Å². The number of halogens is 4. The molecule has 0 fully saturated rings. The SMILES string of the molecule is Cc1cc(I)ccc1[C@H](N)C(F)(F)F. The minimum Gasteiger partial charge on any atom is -0.316 e. The molecule has 0 bridgehead atoms. The molecule has 0 aliphatic carbocycles. The second-order valence-corrected chi connectivity index (χ2v) is 4.27. The average Bonchev–Trinajstić information content (AvgIpc) is 2.01. The Bertz CT molecular complexity index is 335. The second-order valence-electron chi connectivity index (χ2n) is 3.02. The summed E-state index contributed by atoms with van der Waals surface area (Å²) in [5, 5.41) is 0. The molecule has 1 nitrogen and oxygen atoms in total. The van der Waals surface area contributed by atoms with E-state index in [1.165, 1.54) is 6.07 Å². The van der Waals surface area contributed by atoms with Crippen molar-refractivity contribution < 1.29 is 13.2 Å². The predicted molar refractivity (Wildman–Crippen MR) is 56.9 cm³/mol. The molecule has 14 heavy (non-hydrogen) atoms. The summed E-state index contributed by atoms with van der Waals surface area (Å²) in [4.78, 5) is 0. The highest BCUT2D eigenvalue weighted by Crippen LogP contribution is 2.32. The number of alkyl halides is 3. The van der Waals surface area contributed by atoms with E-state index in [0.29, 0.717) is 5.56 Å². The molecular weight excluding hydrogens is 306 g/mol. The van der Waals surface area contributed by atoms with Crippen molar-refractivity contribution in [3.63, 3.8) is 0 Å². The smallest absolute Gasteiger partial charge is 0.316 e. The highest BCUT2D eigenvalue weighted by molar-refractivity contribution is 14.1. The topological polar surface area (TPSA) is 26.0 Å². The summed E-state index contributed by atoms with van der Waals surface area (Å²) in [5.41, 5.74) is 5.80. The molecule has 0 saturated heterocycles. The summed E-state index contributed by atoms with van der Waals surface area (Å²) >= 11 is 2.04. The van der Waals surface area contributed by atoms with E-state index < -0.39 is 12.2 Å². The van der Waals surface area contributed by atoms with Crippen molar-refractivity contribution in [3.05, 3.63) is 32.9 Å². The molecule has 0 aliphatic heterocycles. The monoisotopic (exact) mass is 315 g/mol. The quantitative estimate of drug-likeness (QED) is 0.792. The van der Waals surface area contributed by atoms with Crippen molar-refractivity contribution in [2.24, 2.45) is 5.73 Å². The standard InChI is InChI=1S/C9H9F3IN/c1-5-4-6(13)2-3-7(5)8(14)9(10,11)12/h2-4,8H,14H2,1H3/t8-/m0/s1. The van der Waals surface area contributed by atoms with Crippen LogP contribution in [0.15, 0.2) is 18.2 Å². The van der Waals surface area contributed by atoms with Gasteiger partial charge in [0.05, 0.1) is 0 Å². The fraction of sp³-hybridized carbons (Fsp3) is 0.333. The zero-order valence-electron chi connectivity index (χ0n) is 7.40. The van der Waals surface area contributed by atoms with Gasteiger partial charge >= 0.3 is 6.18 Å². The van der Waals surface area contributed by atoms with Crippen molar-refractivity contribution in [1.82, 2.24) is 0 Å². The van der Waals surface area contributed by atoms with E-state index in [9.17, 15) is 13.2 Å². The van der Waals surface area contributed by atoms with E-state index in [2.05, 4.69) is 0 Å². The van der Waals surface area contributed by atoms with E-state index in [1.807, 2.05) is 22.6 Å². The van der Waals surface area contributed by atoms with Crippen molar-refractivity contribution in [2.75, 3.05) is 0 Å². The lowest BCUT2D eigenvalue weighted by Gasteiger charge is -2.17. The highest BCUT2D eigenvalue weighted by Gasteiger charge is 2.38. The Morgan fingerprint density at radius 2 is 1.93 bits per heavy atom. The molecule has 0 aromatic heterocycles. The summed E-state index contributed by atoms with van der Waals surface area (Å²) in [6.07, 6.45) is -4.38. The van der Waals surface area contributed by atoms with E-state index in [4.69, 9.17) is 5.73 Å². The summed E-state index contributed by atoms with van der Waals surface area (Å²) in [5.74, 6) is 0. The fourth-order valence-corrected chi connectivity index (χ4v) is 1.81. The molecule has 0 spiro atoms. The van der Waals surface area contributed by atoms with E-state index in [-0.39, 0.29) is 5.56 Å². The third-order valence-corrected chi connectivity index (χ3v) is 2.59. The molecule has 1 aromatic rings. The minimum atomic E-state index is -4.38. The first-order chi connectivity index (χ1) is 6.32. The van der Waals surface area contributed by atoms with Gasteiger partial charge in [-0.25, -0.2) is 0 Å². The van der Waals surface area contributed by atoms with Crippen LogP contribution in [0.5, 0.6) is 0 Å². The van der Waals surface area contributed by atoms with Gasteiger partial charge in [0.25, 0.3) is 0 Å². The van der Waals surface area contributed by atoms with Crippen LogP contribution in [-0.2, 0) is 0 Å². The van der Waals surface area contributed by atoms with Crippen LogP contribution >= 0.6 is 22.6 Å². The Labute approximate surface area is 93.6 Å². The second kappa shape index (κ2) is 4.06. The van der Waals surface area contributed by atoms with Crippen molar-refractivity contribution in [3.8, 4) is 0 Å². The lowest BCUT2D eigenvalue weighted by atomic mass is 10.0. The first-order valence-electron chi connectivity index (χ1n) is 3.90. The first-order valence-corrected chi connectivity index (χ1v) is 4.98. The van der Waals surface area contributed by atoms with Gasteiger partial charge in [-0.3, -0.25) is 0 Å². The molecule has 2 N–H and O–H groups in total. The molecule has 1 aromatic carbocycles. The zero-order chi connectivity index (χ0) is 10.9. The zero-order valence-corrected chi connectivity index (χ0v) is 9.56. The number of aryl methyl sites for hydroxylation is 1. The van der Waals surface area contributed by atoms with Gasteiger partial charge in [-0.1, -0.05) is 6.07 Å².